The molecule has 0 radical (unpaired) electrons. The first kappa shape index (κ1) is 19.5. The highest BCUT2D eigenvalue weighted by atomic mass is 32.2. The largest absolute Gasteiger partial charge is 0.497 e. The van der Waals surface area contributed by atoms with Gasteiger partial charge in [-0.1, -0.05) is 6.07 Å². The van der Waals surface area contributed by atoms with Gasteiger partial charge < -0.3 is 14.2 Å². The molecule has 146 valence electrons. The van der Waals surface area contributed by atoms with E-state index in [0.29, 0.717) is 34.2 Å². The van der Waals surface area contributed by atoms with Crippen LogP contribution < -0.4 is 18.9 Å². The lowest BCUT2D eigenvalue weighted by Crippen LogP contribution is -2.14. The third-order valence-corrected chi connectivity index (χ3v) is 5.47. The van der Waals surface area contributed by atoms with Gasteiger partial charge in [0.05, 0.1) is 37.5 Å². The predicted molar refractivity (Wildman–Crippen MR) is 107 cm³/mol. The van der Waals surface area contributed by atoms with E-state index in [4.69, 9.17) is 14.2 Å². The Kier molecular flexibility index (Phi) is 5.70. The maximum atomic E-state index is 12.9. The van der Waals surface area contributed by atoms with Crippen molar-refractivity contribution in [3.63, 3.8) is 0 Å². The van der Waals surface area contributed by atoms with Crippen molar-refractivity contribution in [3.05, 3.63) is 60.8 Å². The maximum absolute atomic E-state index is 12.9. The molecule has 8 heteroatoms. The van der Waals surface area contributed by atoms with Gasteiger partial charge in [0, 0.05) is 6.20 Å². The number of ether oxygens (including phenoxy) is 3. The van der Waals surface area contributed by atoms with Crippen LogP contribution in [0.1, 0.15) is 0 Å². The molecule has 0 atom stereocenters. The van der Waals surface area contributed by atoms with Crippen molar-refractivity contribution in [3.8, 4) is 28.5 Å². The molecule has 0 saturated carbocycles. The Morgan fingerprint density at radius 3 is 2.04 bits per heavy atom. The maximum Gasteiger partial charge on any atom is 0.261 e. The van der Waals surface area contributed by atoms with Crippen LogP contribution >= 0.6 is 0 Å². The molecule has 3 rings (SSSR count). The first-order valence-electron chi connectivity index (χ1n) is 8.33. The Balaban J connectivity index is 2.06. The molecule has 2 aromatic carbocycles. The van der Waals surface area contributed by atoms with Crippen LogP contribution in [-0.2, 0) is 10.0 Å². The van der Waals surface area contributed by atoms with Gasteiger partial charge >= 0.3 is 0 Å². The van der Waals surface area contributed by atoms with Gasteiger partial charge in [-0.05, 0) is 48.5 Å². The van der Waals surface area contributed by atoms with E-state index < -0.39 is 10.0 Å². The van der Waals surface area contributed by atoms with Crippen LogP contribution in [0.15, 0.2) is 65.7 Å². The van der Waals surface area contributed by atoms with Gasteiger partial charge in [0.2, 0.25) is 0 Å². The van der Waals surface area contributed by atoms with Crippen LogP contribution in [0.4, 0.5) is 5.69 Å². The standard InChI is InChI=1S/C20H20N2O5S/c1-25-14-9-11-15(12-10-14)28(23,24)22-16-6-5-13-21-20(16)19-17(26-2)7-4-8-18(19)27-3/h4-13,22H,1-3H3. The number of pyridine rings is 1. The molecule has 0 aliphatic carbocycles. The van der Waals surface area contributed by atoms with Crippen molar-refractivity contribution in [1.29, 1.82) is 0 Å². The van der Waals surface area contributed by atoms with Gasteiger partial charge in [0.25, 0.3) is 10.0 Å². The van der Waals surface area contributed by atoms with E-state index in [1.807, 2.05) is 0 Å². The fourth-order valence-electron chi connectivity index (χ4n) is 2.73. The molecule has 0 bridgehead atoms. The van der Waals surface area contributed by atoms with Crippen LogP contribution in [-0.4, -0.2) is 34.7 Å². The summed E-state index contributed by atoms with van der Waals surface area (Å²) in [4.78, 5) is 4.47. The number of nitrogens with one attached hydrogen (secondary N) is 1. The molecule has 1 N–H and O–H groups in total. The van der Waals surface area contributed by atoms with Crippen LogP contribution in [0.25, 0.3) is 11.3 Å². The first-order valence-corrected chi connectivity index (χ1v) is 9.81. The number of aromatic nitrogens is 1. The van der Waals surface area contributed by atoms with Crippen LogP contribution in [0.3, 0.4) is 0 Å². The van der Waals surface area contributed by atoms with Gasteiger partial charge in [-0.25, -0.2) is 8.42 Å². The summed E-state index contributed by atoms with van der Waals surface area (Å²) in [5.41, 5.74) is 1.26. The molecule has 28 heavy (non-hydrogen) atoms. The predicted octanol–water partition coefficient (Wildman–Crippen LogP) is 3.58. The molecule has 7 nitrogen and oxygen atoms in total. The van der Waals surface area contributed by atoms with E-state index in [1.54, 1.807) is 48.7 Å². The van der Waals surface area contributed by atoms with Crippen LogP contribution in [0.5, 0.6) is 17.2 Å². The number of rotatable bonds is 7. The number of sulfonamides is 1. The zero-order valence-electron chi connectivity index (χ0n) is 15.7. The Hall–Kier alpha value is -3.26. The molecular weight excluding hydrogens is 380 g/mol. The van der Waals surface area contributed by atoms with E-state index in [1.165, 1.54) is 33.5 Å². The van der Waals surface area contributed by atoms with E-state index >= 15 is 0 Å². The van der Waals surface area contributed by atoms with Crippen molar-refractivity contribution in [2.24, 2.45) is 0 Å². The van der Waals surface area contributed by atoms with Gasteiger partial charge in [-0.2, -0.15) is 0 Å². The fraction of sp³-hybridized carbons (Fsp3) is 0.150. The molecule has 3 aromatic rings. The minimum atomic E-state index is -3.84. The summed E-state index contributed by atoms with van der Waals surface area (Å²) in [7, 11) is 0.743. The summed E-state index contributed by atoms with van der Waals surface area (Å²) in [6, 6.07) is 14.7. The zero-order valence-corrected chi connectivity index (χ0v) is 16.5. The Bertz CT molecular complexity index is 1040. The summed E-state index contributed by atoms with van der Waals surface area (Å²) in [6.07, 6.45) is 1.58. The van der Waals surface area contributed by atoms with Crippen LogP contribution in [0, 0.1) is 0 Å². The van der Waals surface area contributed by atoms with Crippen molar-refractivity contribution in [2.75, 3.05) is 26.1 Å². The van der Waals surface area contributed by atoms with E-state index in [2.05, 4.69) is 9.71 Å². The quantitative estimate of drug-likeness (QED) is 0.652. The van der Waals surface area contributed by atoms with E-state index in [0.717, 1.165) is 0 Å². The third kappa shape index (κ3) is 3.86. The lowest BCUT2D eigenvalue weighted by Gasteiger charge is -2.16. The molecule has 0 saturated heterocycles. The molecule has 1 aromatic heterocycles. The first-order chi connectivity index (χ1) is 13.5. The number of benzene rings is 2. The highest BCUT2D eigenvalue weighted by Gasteiger charge is 2.21. The number of hydrogen-bond acceptors (Lipinski definition) is 6. The van der Waals surface area contributed by atoms with Crippen molar-refractivity contribution in [1.82, 2.24) is 4.98 Å². The van der Waals surface area contributed by atoms with Crippen molar-refractivity contribution in [2.45, 2.75) is 4.90 Å². The van der Waals surface area contributed by atoms with Gasteiger partial charge in [-0.3, -0.25) is 9.71 Å². The molecule has 1 heterocycles. The normalized spacial score (nSPS) is 11.0. The molecule has 0 aliphatic heterocycles. The third-order valence-electron chi connectivity index (χ3n) is 4.09. The summed E-state index contributed by atoms with van der Waals surface area (Å²) in [5.74, 6) is 1.60. The lowest BCUT2D eigenvalue weighted by molar-refractivity contribution is 0.397. The summed E-state index contributed by atoms with van der Waals surface area (Å²) >= 11 is 0. The smallest absolute Gasteiger partial charge is 0.261 e. The number of anilines is 1. The van der Waals surface area contributed by atoms with E-state index in [9.17, 15) is 8.42 Å². The molecule has 0 aliphatic rings. The van der Waals surface area contributed by atoms with Crippen LogP contribution in [0.2, 0.25) is 0 Å². The molecular formula is C20H20N2O5S. The highest BCUT2D eigenvalue weighted by molar-refractivity contribution is 7.92. The average Bonchev–Trinajstić information content (AvgIpc) is 2.73. The summed E-state index contributed by atoms with van der Waals surface area (Å²) in [5, 5.41) is 0. The molecule has 0 amide bonds. The van der Waals surface area contributed by atoms with Gasteiger partial charge in [-0.15, -0.1) is 0 Å². The summed E-state index contributed by atoms with van der Waals surface area (Å²) < 4.78 is 44.2. The topological polar surface area (TPSA) is 86.8 Å². The zero-order chi connectivity index (χ0) is 20.1. The Morgan fingerprint density at radius 1 is 0.821 bits per heavy atom. The average molecular weight is 400 g/mol. The second-order valence-electron chi connectivity index (χ2n) is 5.72. The molecule has 0 spiro atoms. The SMILES string of the molecule is COc1ccc(S(=O)(=O)Nc2cccnc2-c2c(OC)cccc2OC)cc1. The monoisotopic (exact) mass is 400 g/mol. The van der Waals surface area contributed by atoms with Crippen molar-refractivity contribution >= 4 is 15.7 Å². The number of methoxy groups -OCH3 is 3. The van der Waals surface area contributed by atoms with E-state index in [-0.39, 0.29) is 4.90 Å². The van der Waals surface area contributed by atoms with Crippen molar-refractivity contribution < 1.29 is 22.6 Å². The Labute approximate surface area is 164 Å². The van der Waals surface area contributed by atoms with Gasteiger partial charge in [0.1, 0.15) is 22.9 Å². The molecule has 0 unspecified atom stereocenters. The summed E-state index contributed by atoms with van der Waals surface area (Å²) in [6.45, 7) is 0. The minimum absolute atomic E-state index is 0.107. The number of hydrogen-bond donors (Lipinski definition) is 1. The van der Waals surface area contributed by atoms with Gasteiger partial charge in [0.15, 0.2) is 0 Å². The molecule has 0 fully saturated rings. The second-order valence-corrected chi connectivity index (χ2v) is 7.40. The fourth-order valence-corrected chi connectivity index (χ4v) is 3.80. The second kappa shape index (κ2) is 8.18. The lowest BCUT2D eigenvalue weighted by atomic mass is 10.1. The minimum Gasteiger partial charge on any atom is -0.497 e. The number of nitrogens with zero attached hydrogens (tertiary/aromatic N) is 1. The Morgan fingerprint density at radius 2 is 1.46 bits per heavy atom. The highest BCUT2D eigenvalue weighted by Crippen LogP contribution is 2.40.